The summed E-state index contributed by atoms with van der Waals surface area (Å²) in [6.07, 6.45) is 1.52. The first kappa shape index (κ1) is 19.5. The molecule has 0 heterocycles. The molecule has 1 amide bonds. The molecule has 0 N–H and O–H groups in total. The number of ether oxygens (including phenoxy) is 1. The van der Waals surface area contributed by atoms with Gasteiger partial charge in [0.2, 0.25) is 0 Å². The van der Waals surface area contributed by atoms with Crippen molar-refractivity contribution < 1.29 is 14.0 Å². The summed E-state index contributed by atoms with van der Waals surface area (Å²) in [7, 11) is -0.341. The number of amides is 1. The first-order chi connectivity index (χ1) is 9.63. The van der Waals surface area contributed by atoms with Crippen LogP contribution in [0.15, 0.2) is 0 Å². The van der Waals surface area contributed by atoms with Gasteiger partial charge in [-0.1, -0.05) is 20.8 Å². The third-order valence-electron chi connectivity index (χ3n) is 5.10. The number of carbonyl (C=O) groups excluding carboxylic acids is 1. The summed E-state index contributed by atoms with van der Waals surface area (Å²) in [6.45, 7) is 19.7. The van der Waals surface area contributed by atoms with Gasteiger partial charge >= 0.3 is 6.09 Å². The van der Waals surface area contributed by atoms with E-state index in [0.717, 1.165) is 12.8 Å². The van der Waals surface area contributed by atoms with Crippen LogP contribution in [0, 0.1) is 0 Å². The maximum Gasteiger partial charge on any atom is 0.410 e. The quantitative estimate of drug-likeness (QED) is 0.698. The smallest absolute Gasteiger partial charge is 0.410 e. The van der Waals surface area contributed by atoms with Gasteiger partial charge in [-0.15, -0.1) is 0 Å². The van der Waals surface area contributed by atoms with Gasteiger partial charge in [0.25, 0.3) is 0 Å². The van der Waals surface area contributed by atoms with Crippen LogP contribution in [-0.4, -0.2) is 43.6 Å². The summed E-state index contributed by atoms with van der Waals surface area (Å²) >= 11 is 0. The number of nitrogens with zero attached hydrogens (tertiary/aromatic N) is 1. The van der Waals surface area contributed by atoms with Crippen molar-refractivity contribution >= 4 is 14.4 Å². The van der Waals surface area contributed by atoms with Crippen LogP contribution < -0.4 is 0 Å². The summed E-state index contributed by atoms with van der Waals surface area (Å²) in [5.41, 5.74) is -0.360. The van der Waals surface area contributed by atoms with Gasteiger partial charge in [-0.2, -0.15) is 0 Å². The Hall–Kier alpha value is -0.553. The van der Waals surface area contributed by atoms with Crippen molar-refractivity contribution in [2.75, 3.05) is 7.11 Å². The molecule has 0 unspecified atom stereocenters. The highest BCUT2D eigenvalue weighted by molar-refractivity contribution is 6.74. The summed E-state index contributed by atoms with van der Waals surface area (Å²) in [4.78, 5) is 14.0. The van der Waals surface area contributed by atoms with E-state index in [1.165, 1.54) is 7.11 Å². The van der Waals surface area contributed by atoms with E-state index in [-0.39, 0.29) is 28.3 Å². The van der Waals surface area contributed by atoms with E-state index in [1.807, 2.05) is 25.7 Å². The lowest BCUT2D eigenvalue weighted by atomic mass is 9.75. The Balaban J connectivity index is 2.79. The van der Waals surface area contributed by atoms with Crippen molar-refractivity contribution in [2.45, 2.75) is 96.6 Å². The van der Waals surface area contributed by atoms with E-state index < -0.39 is 8.32 Å². The molecule has 22 heavy (non-hydrogen) atoms. The monoisotopic (exact) mass is 329 g/mol. The Morgan fingerprint density at radius 1 is 1.14 bits per heavy atom. The van der Waals surface area contributed by atoms with Gasteiger partial charge in [-0.25, -0.2) is 4.79 Å². The molecule has 1 rings (SSSR count). The van der Waals surface area contributed by atoms with Crippen LogP contribution in [-0.2, 0) is 9.16 Å². The van der Waals surface area contributed by atoms with Crippen molar-refractivity contribution in [3.05, 3.63) is 0 Å². The van der Waals surface area contributed by atoms with E-state index in [2.05, 4.69) is 40.8 Å². The zero-order valence-electron chi connectivity index (χ0n) is 16.2. The maximum atomic E-state index is 12.1. The Morgan fingerprint density at radius 3 is 1.91 bits per heavy atom. The van der Waals surface area contributed by atoms with Gasteiger partial charge in [0.15, 0.2) is 8.32 Å². The number of carbonyl (C=O) groups is 1. The molecule has 0 saturated heterocycles. The first-order valence-corrected chi connectivity index (χ1v) is 11.1. The molecule has 4 nitrogen and oxygen atoms in total. The molecular weight excluding hydrogens is 294 g/mol. The Kier molecular flexibility index (Phi) is 5.16. The van der Waals surface area contributed by atoms with Crippen LogP contribution in [0.4, 0.5) is 4.79 Å². The molecule has 0 bridgehead atoms. The van der Waals surface area contributed by atoms with Crippen LogP contribution in [0.5, 0.6) is 0 Å². The van der Waals surface area contributed by atoms with Crippen molar-refractivity contribution in [2.24, 2.45) is 0 Å². The lowest BCUT2D eigenvalue weighted by Crippen LogP contribution is -2.64. The molecule has 130 valence electrons. The molecule has 1 fully saturated rings. The molecule has 0 spiro atoms. The van der Waals surface area contributed by atoms with E-state index >= 15 is 0 Å². The van der Waals surface area contributed by atoms with Crippen molar-refractivity contribution in [1.82, 2.24) is 4.90 Å². The molecule has 1 saturated carbocycles. The highest BCUT2D eigenvalue weighted by Crippen LogP contribution is 2.47. The van der Waals surface area contributed by atoms with Gasteiger partial charge in [0.1, 0.15) is 0 Å². The second kappa shape index (κ2) is 5.82. The number of hydrogen-bond acceptors (Lipinski definition) is 3. The van der Waals surface area contributed by atoms with Crippen LogP contribution in [0.25, 0.3) is 0 Å². The summed E-state index contributed by atoms with van der Waals surface area (Å²) in [5, 5.41) is 0.202. The highest BCUT2D eigenvalue weighted by atomic mass is 28.4. The summed E-state index contributed by atoms with van der Waals surface area (Å²) in [5.74, 6) is 0. The van der Waals surface area contributed by atoms with E-state index in [4.69, 9.17) is 9.16 Å². The predicted molar refractivity (Wildman–Crippen MR) is 93.7 cm³/mol. The molecule has 0 aromatic heterocycles. The third-order valence-corrected chi connectivity index (χ3v) is 9.72. The molecule has 0 aliphatic heterocycles. The zero-order valence-corrected chi connectivity index (χ0v) is 17.2. The Morgan fingerprint density at radius 2 is 1.59 bits per heavy atom. The Bertz CT molecular complexity index is 415. The summed E-state index contributed by atoms with van der Waals surface area (Å²) in [6, 6.07) is 0.196. The van der Waals surface area contributed by atoms with Gasteiger partial charge in [0, 0.05) is 11.6 Å². The molecule has 1 aliphatic rings. The Labute approximate surface area is 137 Å². The van der Waals surface area contributed by atoms with Crippen molar-refractivity contribution in [3.63, 3.8) is 0 Å². The number of hydrogen-bond donors (Lipinski definition) is 0. The molecule has 1 aliphatic carbocycles. The minimum Gasteiger partial charge on any atom is -0.453 e. The number of methoxy groups -OCH3 is 1. The molecule has 5 heteroatoms. The van der Waals surface area contributed by atoms with Gasteiger partial charge < -0.3 is 14.1 Å². The highest BCUT2D eigenvalue weighted by Gasteiger charge is 2.52. The zero-order chi connectivity index (χ0) is 17.6. The fourth-order valence-corrected chi connectivity index (χ4v) is 4.75. The average molecular weight is 330 g/mol. The lowest BCUT2D eigenvalue weighted by molar-refractivity contribution is -0.0812. The summed E-state index contributed by atoms with van der Waals surface area (Å²) < 4.78 is 11.6. The fraction of sp³-hybridized carbons (Fsp3) is 0.941. The lowest BCUT2D eigenvalue weighted by Gasteiger charge is -2.56. The normalized spacial score (nSPS) is 26.4. The average Bonchev–Trinajstić information content (AvgIpc) is 2.22. The molecule has 0 radical (unpaired) electrons. The predicted octanol–water partition coefficient (Wildman–Crippen LogP) is 4.80. The van der Waals surface area contributed by atoms with Crippen LogP contribution in [0.2, 0.25) is 18.1 Å². The van der Waals surface area contributed by atoms with Gasteiger partial charge in [0.05, 0.1) is 12.7 Å². The van der Waals surface area contributed by atoms with Crippen LogP contribution in [0.3, 0.4) is 0 Å². The van der Waals surface area contributed by atoms with Gasteiger partial charge in [-0.3, -0.25) is 0 Å². The minimum atomic E-state index is -1.79. The molecule has 0 atom stereocenters. The fourth-order valence-electron chi connectivity index (χ4n) is 3.04. The van der Waals surface area contributed by atoms with Crippen molar-refractivity contribution in [1.29, 1.82) is 0 Å². The molecule has 0 aromatic rings. The SMILES string of the molecule is COC(=O)N(C1CC(C)(O[Si](C)(C)C(C)(C)C)C1)C(C)(C)C. The second-order valence-electron chi connectivity index (χ2n) is 9.39. The second-order valence-corrected chi connectivity index (χ2v) is 14.1. The molecule has 0 aromatic carbocycles. The van der Waals surface area contributed by atoms with E-state index in [1.54, 1.807) is 0 Å². The van der Waals surface area contributed by atoms with Crippen molar-refractivity contribution in [3.8, 4) is 0 Å². The first-order valence-electron chi connectivity index (χ1n) is 8.20. The minimum absolute atomic E-state index is 0.120. The number of rotatable bonds is 3. The van der Waals surface area contributed by atoms with Crippen LogP contribution in [0.1, 0.15) is 61.3 Å². The van der Waals surface area contributed by atoms with E-state index in [0.29, 0.717) is 0 Å². The standard InChI is InChI=1S/C17H35NO3Si/c1-15(2,3)18(14(19)20-8)13-11-17(7,12-13)21-22(9,10)16(4,5)6/h13H,11-12H2,1-10H3. The largest absolute Gasteiger partial charge is 0.453 e. The van der Waals surface area contributed by atoms with Gasteiger partial charge in [-0.05, 0) is 58.7 Å². The third kappa shape index (κ3) is 4.05. The maximum absolute atomic E-state index is 12.1. The van der Waals surface area contributed by atoms with E-state index in [9.17, 15) is 4.79 Å². The van der Waals surface area contributed by atoms with Crippen LogP contribution >= 0.6 is 0 Å². The topological polar surface area (TPSA) is 38.8 Å². The molecular formula is C17H35NO3Si.